The molecule has 19 heavy (non-hydrogen) atoms. The van der Waals surface area contributed by atoms with Crippen LogP contribution < -0.4 is 10.6 Å². The lowest BCUT2D eigenvalue weighted by Crippen LogP contribution is -2.43. The highest BCUT2D eigenvalue weighted by Gasteiger charge is 2.24. The molecule has 1 aromatic carbocycles. The Morgan fingerprint density at radius 2 is 2.00 bits per heavy atom. The van der Waals surface area contributed by atoms with Crippen LogP contribution in [0.4, 0.5) is 0 Å². The van der Waals surface area contributed by atoms with Gasteiger partial charge in [-0.1, -0.05) is 6.07 Å². The lowest BCUT2D eigenvalue weighted by molar-refractivity contribution is -0.123. The Morgan fingerprint density at radius 3 is 2.68 bits per heavy atom. The average molecular weight is 264 g/mol. The van der Waals surface area contributed by atoms with Gasteiger partial charge in [-0.2, -0.15) is 0 Å². The maximum absolute atomic E-state index is 11.9. The molecule has 1 amide bonds. The molecule has 5 heteroatoms. The molecule has 104 valence electrons. The fourth-order valence-corrected chi connectivity index (χ4v) is 2.47. The third kappa shape index (κ3) is 3.17. The number of carbonyl (C=O) groups excluding carboxylic acids is 1. The van der Waals surface area contributed by atoms with Crippen molar-refractivity contribution in [3.63, 3.8) is 0 Å². The maximum atomic E-state index is 11.9. The van der Waals surface area contributed by atoms with Crippen LogP contribution in [0.1, 0.15) is 37.8 Å². The van der Waals surface area contributed by atoms with Gasteiger partial charge in [0.15, 0.2) is 0 Å². The van der Waals surface area contributed by atoms with E-state index in [-0.39, 0.29) is 29.5 Å². The van der Waals surface area contributed by atoms with Crippen LogP contribution in [0.15, 0.2) is 18.2 Å². The zero-order valence-corrected chi connectivity index (χ0v) is 11.0. The standard InChI is InChI=1S/C14H20N2O3/c1-9(13-11(17)6-4-7-12(13)18)16-10-5-2-3-8-15-14(10)19/h4,6-7,9-10,16-18H,2-3,5,8H2,1H3,(H,15,19). The van der Waals surface area contributed by atoms with Crippen LogP contribution in [0, 0.1) is 0 Å². The number of nitrogens with one attached hydrogen (secondary N) is 2. The monoisotopic (exact) mass is 264 g/mol. The Morgan fingerprint density at radius 1 is 1.32 bits per heavy atom. The highest BCUT2D eigenvalue weighted by molar-refractivity contribution is 5.82. The molecule has 1 aliphatic rings. The quantitative estimate of drug-likeness (QED) is 0.665. The fraction of sp³-hybridized carbons (Fsp3) is 0.500. The minimum atomic E-state index is -0.296. The molecule has 1 aliphatic heterocycles. The normalized spacial score (nSPS) is 21.5. The summed E-state index contributed by atoms with van der Waals surface area (Å²) in [4.78, 5) is 11.9. The molecule has 0 aliphatic carbocycles. The first-order chi connectivity index (χ1) is 9.09. The Balaban J connectivity index is 2.11. The zero-order chi connectivity index (χ0) is 13.8. The summed E-state index contributed by atoms with van der Waals surface area (Å²) in [6.45, 7) is 2.54. The molecule has 0 spiro atoms. The molecule has 2 atom stereocenters. The molecule has 0 aromatic heterocycles. The van der Waals surface area contributed by atoms with Crippen molar-refractivity contribution in [2.75, 3.05) is 6.54 Å². The molecule has 0 saturated carbocycles. The van der Waals surface area contributed by atoms with Crippen molar-refractivity contribution in [1.82, 2.24) is 10.6 Å². The zero-order valence-electron chi connectivity index (χ0n) is 11.0. The van der Waals surface area contributed by atoms with E-state index >= 15 is 0 Å². The van der Waals surface area contributed by atoms with Crippen molar-refractivity contribution in [2.24, 2.45) is 0 Å². The molecule has 1 heterocycles. The Bertz CT molecular complexity index is 442. The first-order valence-corrected chi connectivity index (χ1v) is 6.64. The Labute approximate surface area is 112 Å². The van der Waals surface area contributed by atoms with Crippen LogP contribution in [0.5, 0.6) is 11.5 Å². The predicted molar refractivity (Wildman–Crippen MR) is 72.0 cm³/mol. The van der Waals surface area contributed by atoms with E-state index in [0.29, 0.717) is 12.1 Å². The Kier molecular flexibility index (Phi) is 4.27. The van der Waals surface area contributed by atoms with E-state index < -0.39 is 0 Å². The summed E-state index contributed by atoms with van der Waals surface area (Å²) in [7, 11) is 0. The number of aromatic hydroxyl groups is 2. The van der Waals surface area contributed by atoms with E-state index in [1.807, 2.05) is 6.92 Å². The minimum absolute atomic E-state index is 0.0146. The minimum Gasteiger partial charge on any atom is -0.507 e. The number of phenols is 2. The molecule has 2 rings (SSSR count). The largest absolute Gasteiger partial charge is 0.507 e. The van der Waals surface area contributed by atoms with Crippen molar-refractivity contribution in [3.05, 3.63) is 23.8 Å². The summed E-state index contributed by atoms with van der Waals surface area (Å²) in [5.41, 5.74) is 0.430. The summed E-state index contributed by atoms with van der Waals surface area (Å²) in [5.74, 6) is 0.0577. The van der Waals surface area contributed by atoms with Crippen molar-refractivity contribution in [3.8, 4) is 11.5 Å². The number of phenolic OH excluding ortho intramolecular Hbond substituents is 2. The molecule has 0 bridgehead atoms. The smallest absolute Gasteiger partial charge is 0.237 e. The van der Waals surface area contributed by atoms with E-state index in [1.165, 1.54) is 12.1 Å². The van der Waals surface area contributed by atoms with E-state index in [4.69, 9.17) is 0 Å². The van der Waals surface area contributed by atoms with E-state index in [1.54, 1.807) is 6.07 Å². The van der Waals surface area contributed by atoms with Gasteiger partial charge >= 0.3 is 0 Å². The van der Waals surface area contributed by atoms with Gasteiger partial charge in [0.1, 0.15) is 11.5 Å². The lowest BCUT2D eigenvalue weighted by atomic mass is 10.0. The lowest BCUT2D eigenvalue weighted by Gasteiger charge is -2.22. The van der Waals surface area contributed by atoms with Crippen LogP contribution in [-0.2, 0) is 4.79 Å². The van der Waals surface area contributed by atoms with Crippen molar-refractivity contribution >= 4 is 5.91 Å². The molecule has 5 nitrogen and oxygen atoms in total. The molecule has 1 fully saturated rings. The highest BCUT2D eigenvalue weighted by atomic mass is 16.3. The van der Waals surface area contributed by atoms with E-state index in [0.717, 1.165) is 19.3 Å². The average Bonchev–Trinajstić information content (AvgIpc) is 2.55. The third-order valence-corrected chi connectivity index (χ3v) is 3.48. The summed E-state index contributed by atoms with van der Waals surface area (Å²) >= 11 is 0. The molecular formula is C14H20N2O3. The van der Waals surface area contributed by atoms with E-state index in [9.17, 15) is 15.0 Å². The highest BCUT2D eigenvalue weighted by Crippen LogP contribution is 2.32. The van der Waals surface area contributed by atoms with Gasteiger partial charge in [-0.05, 0) is 38.3 Å². The van der Waals surface area contributed by atoms with E-state index in [2.05, 4.69) is 10.6 Å². The van der Waals surface area contributed by atoms with Crippen LogP contribution in [0.25, 0.3) is 0 Å². The van der Waals surface area contributed by atoms with Gasteiger partial charge in [0.05, 0.1) is 11.6 Å². The van der Waals surface area contributed by atoms with Crippen LogP contribution in [0.2, 0.25) is 0 Å². The van der Waals surface area contributed by atoms with Crippen molar-refractivity contribution in [2.45, 2.75) is 38.3 Å². The van der Waals surface area contributed by atoms with Gasteiger partial charge in [-0.25, -0.2) is 0 Å². The van der Waals surface area contributed by atoms with Gasteiger partial charge in [-0.15, -0.1) is 0 Å². The second-order valence-electron chi connectivity index (χ2n) is 4.94. The number of rotatable bonds is 3. The molecule has 1 aromatic rings. The van der Waals surface area contributed by atoms with Gasteiger partial charge in [0.25, 0.3) is 0 Å². The van der Waals surface area contributed by atoms with Gasteiger partial charge in [0.2, 0.25) is 5.91 Å². The number of amides is 1. The Hall–Kier alpha value is -1.75. The molecule has 2 unspecified atom stereocenters. The van der Waals surface area contributed by atoms with Crippen molar-refractivity contribution in [1.29, 1.82) is 0 Å². The third-order valence-electron chi connectivity index (χ3n) is 3.48. The number of carbonyl (C=O) groups is 1. The SMILES string of the molecule is CC(NC1CCCCNC1=O)c1c(O)cccc1O. The molecular weight excluding hydrogens is 244 g/mol. The predicted octanol–water partition coefficient (Wildman–Crippen LogP) is 1.42. The number of hydrogen-bond donors (Lipinski definition) is 4. The topological polar surface area (TPSA) is 81.6 Å². The van der Waals surface area contributed by atoms with Gasteiger partial charge in [0, 0.05) is 12.6 Å². The summed E-state index contributed by atoms with van der Waals surface area (Å²) in [6.07, 6.45) is 2.74. The summed E-state index contributed by atoms with van der Waals surface area (Å²) in [5, 5.41) is 25.7. The summed E-state index contributed by atoms with van der Waals surface area (Å²) in [6, 6.07) is 4.06. The van der Waals surface area contributed by atoms with Gasteiger partial charge in [-0.3, -0.25) is 10.1 Å². The fourth-order valence-electron chi connectivity index (χ4n) is 2.47. The number of hydrogen-bond acceptors (Lipinski definition) is 4. The van der Waals surface area contributed by atoms with Crippen molar-refractivity contribution < 1.29 is 15.0 Å². The molecule has 1 saturated heterocycles. The first kappa shape index (κ1) is 13.7. The maximum Gasteiger partial charge on any atom is 0.237 e. The second kappa shape index (κ2) is 5.93. The van der Waals surface area contributed by atoms with Crippen LogP contribution >= 0.6 is 0 Å². The van der Waals surface area contributed by atoms with Crippen LogP contribution in [0.3, 0.4) is 0 Å². The first-order valence-electron chi connectivity index (χ1n) is 6.64. The van der Waals surface area contributed by atoms with Crippen LogP contribution in [-0.4, -0.2) is 28.7 Å². The molecule has 4 N–H and O–H groups in total. The second-order valence-corrected chi connectivity index (χ2v) is 4.94. The van der Waals surface area contributed by atoms with Gasteiger partial charge < -0.3 is 15.5 Å². The summed E-state index contributed by atoms with van der Waals surface area (Å²) < 4.78 is 0. The number of benzene rings is 1. The molecule has 0 radical (unpaired) electrons.